The van der Waals surface area contributed by atoms with E-state index >= 15 is 0 Å². The first-order chi connectivity index (χ1) is 9.27. The molecule has 0 radical (unpaired) electrons. The second-order valence-electron chi connectivity index (χ2n) is 4.17. The zero-order chi connectivity index (χ0) is 13.5. The van der Waals surface area contributed by atoms with Gasteiger partial charge in [0.25, 0.3) is 11.8 Å². The van der Waals surface area contributed by atoms with Crippen LogP contribution in [0.2, 0.25) is 0 Å². The van der Waals surface area contributed by atoms with Gasteiger partial charge in [0, 0.05) is 35.8 Å². The van der Waals surface area contributed by atoms with Crippen molar-refractivity contribution in [2.45, 2.75) is 6.42 Å². The van der Waals surface area contributed by atoms with Crippen molar-refractivity contribution in [3.8, 4) is 0 Å². The summed E-state index contributed by atoms with van der Waals surface area (Å²) in [5.74, 6) is -0.414. The van der Waals surface area contributed by atoms with E-state index in [2.05, 4.69) is 0 Å². The van der Waals surface area contributed by atoms with Crippen molar-refractivity contribution in [1.82, 2.24) is 4.90 Å². The molecule has 0 aromatic heterocycles. The number of imide groups is 1. The van der Waals surface area contributed by atoms with Gasteiger partial charge in [0.15, 0.2) is 0 Å². The standard InChI is InChI=1S/C11H10NO2.C5H5.Fe/c13-10-5-6-11(14)12(10)8-7-9-3-1-2-4-9;1-2-4-5-3-1;/h1-6H,7-8H2;1-5H;/q2*-1;. The third-order valence-electron chi connectivity index (χ3n) is 2.81. The molecule has 0 aliphatic carbocycles. The van der Waals surface area contributed by atoms with Crippen LogP contribution in [-0.2, 0) is 33.1 Å². The normalized spacial score (nSPS) is 12.9. The molecule has 0 atom stereocenters. The minimum Gasteiger partial charge on any atom is -0.276 e. The zero-order valence-corrected chi connectivity index (χ0v) is 12.0. The van der Waals surface area contributed by atoms with E-state index in [1.807, 2.05) is 54.6 Å². The Morgan fingerprint density at radius 3 is 1.95 bits per heavy atom. The van der Waals surface area contributed by atoms with E-state index in [9.17, 15) is 9.59 Å². The summed E-state index contributed by atoms with van der Waals surface area (Å²) in [6, 6.07) is 17.9. The SMILES string of the molecule is O=C1C=CC(=O)N1CC[c-]1cccc1.[Fe].c1cc[cH-]c1. The first-order valence-corrected chi connectivity index (χ1v) is 6.18. The van der Waals surface area contributed by atoms with Crippen LogP contribution in [0.4, 0.5) is 0 Å². The molecule has 0 spiro atoms. The van der Waals surface area contributed by atoms with Gasteiger partial charge in [-0.1, -0.05) is 6.42 Å². The molecule has 2 aromatic rings. The third-order valence-corrected chi connectivity index (χ3v) is 2.81. The van der Waals surface area contributed by atoms with Gasteiger partial charge in [-0.25, -0.2) is 24.3 Å². The van der Waals surface area contributed by atoms with Crippen molar-refractivity contribution < 1.29 is 26.7 Å². The average Bonchev–Trinajstić information content (AvgIpc) is 3.13. The Hall–Kier alpha value is -1.90. The van der Waals surface area contributed by atoms with E-state index in [1.54, 1.807) is 0 Å². The van der Waals surface area contributed by atoms with Crippen LogP contribution in [0.5, 0.6) is 0 Å². The van der Waals surface area contributed by atoms with E-state index in [1.165, 1.54) is 17.1 Å². The molecular formula is C16H15FeNO2-2. The predicted octanol–water partition coefficient (Wildman–Crippen LogP) is 2.28. The minimum atomic E-state index is -0.207. The molecule has 0 bridgehead atoms. The van der Waals surface area contributed by atoms with Crippen molar-refractivity contribution in [2.24, 2.45) is 0 Å². The van der Waals surface area contributed by atoms with Crippen LogP contribution in [0.3, 0.4) is 0 Å². The zero-order valence-electron chi connectivity index (χ0n) is 10.9. The summed E-state index contributed by atoms with van der Waals surface area (Å²) in [7, 11) is 0. The summed E-state index contributed by atoms with van der Waals surface area (Å²) in [5, 5.41) is 0. The Balaban J connectivity index is 0.000000283. The summed E-state index contributed by atoms with van der Waals surface area (Å²) in [6.07, 6.45) is 3.35. The summed E-state index contributed by atoms with van der Waals surface area (Å²) >= 11 is 0. The van der Waals surface area contributed by atoms with E-state index in [0.717, 1.165) is 12.0 Å². The first-order valence-electron chi connectivity index (χ1n) is 6.18. The van der Waals surface area contributed by atoms with Crippen molar-refractivity contribution in [1.29, 1.82) is 0 Å². The molecule has 2 amide bonds. The van der Waals surface area contributed by atoms with Crippen LogP contribution >= 0.6 is 0 Å². The Bertz CT molecular complexity index is 506. The Morgan fingerprint density at radius 2 is 1.50 bits per heavy atom. The van der Waals surface area contributed by atoms with Crippen LogP contribution < -0.4 is 0 Å². The van der Waals surface area contributed by atoms with E-state index in [4.69, 9.17) is 0 Å². The smallest absolute Gasteiger partial charge is 0.253 e. The van der Waals surface area contributed by atoms with Gasteiger partial charge in [-0.15, -0.1) is 0 Å². The number of carbonyl (C=O) groups is 2. The molecule has 0 saturated carbocycles. The molecular weight excluding hydrogens is 294 g/mol. The monoisotopic (exact) mass is 309 g/mol. The molecule has 3 nitrogen and oxygen atoms in total. The summed E-state index contributed by atoms with van der Waals surface area (Å²) < 4.78 is 0. The molecule has 20 heavy (non-hydrogen) atoms. The maximum absolute atomic E-state index is 11.2. The maximum atomic E-state index is 11.2. The molecule has 2 aromatic carbocycles. The van der Waals surface area contributed by atoms with Crippen molar-refractivity contribution in [3.63, 3.8) is 0 Å². The Morgan fingerprint density at radius 1 is 0.950 bits per heavy atom. The number of amides is 2. The van der Waals surface area contributed by atoms with Crippen LogP contribution in [-0.4, -0.2) is 23.3 Å². The molecule has 0 fully saturated rings. The largest absolute Gasteiger partial charge is 0.276 e. The second-order valence-corrected chi connectivity index (χ2v) is 4.17. The van der Waals surface area contributed by atoms with E-state index < -0.39 is 0 Å². The van der Waals surface area contributed by atoms with E-state index in [-0.39, 0.29) is 28.9 Å². The number of nitrogens with zero attached hydrogens (tertiary/aromatic N) is 1. The second kappa shape index (κ2) is 8.31. The van der Waals surface area contributed by atoms with Crippen LogP contribution in [0.1, 0.15) is 5.56 Å². The molecule has 106 valence electrons. The predicted molar refractivity (Wildman–Crippen MR) is 73.6 cm³/mol. The molecule has 4 heteroatoms. The fraction of sp³-hybridized carbons (Fsp3) is 0.125. The third kappa shape index (κ3) is 4.65. The molecule has 3 rings (SSSR count). The molecule has 0 saturated heterocycles. The fourth-order valence-corrected chi connectivity index (χ4v) is 1.79. The van der Waals surface area contributed by atoms with Gasteiger partial charge in [0.05, 0.1) is 0 Å². The number of carbonyl (C=O) groups excluding carboxylic acids is 2. The number of hydrogen-bond acceptors (Lipinski definition) is 2. The molecule has 0 N–H and O–H groups in total. The average molecular weight is 309 g/mol. The molecule has 1 heterocycles. The van der Waals surface area contributed by atoms with Crippen molar-refractivity contribution in [3.05, 3.63) is 72.3 Å². The van der Waals surface area contributed by atoms with Gasteiger partial charge < -0.3 is 0 Å². The van der Waals surface area contributed by atoms with Crippen LogP contribution in [0, 0.1) is 0 Å². The minimum absolute atomic E-state index is 0. The van der Waals surface area contributed by atoms with Gasteiger partial charge in [-0.3, -0.25) is 14.5 Å². The molecule has 1 aliphatic heterocycles. The van der Waals surface area contributed by atoms with Gasteiger partial charge >= 0.3 is 0 Å². The fourth-order valence-electron chi connectivity index (χ4n) is 1.79. The van der Waals surface area contributed by atoms with Crippen LogP contribution in [0.15, 0.2) is 66.7 Å². The Kier molecular flexibility index (Phi) is 6.71. The maximum Gasteiger partial charge on any atom is 0.253 e. The number of hydrogen-bond donors (Lipinski definition) is 0. The van der Waals surface area contributed by atoms with Crippen LogP contribution in [0.25, 0.3) is 0 Å². The van der Waals surface area contributed by atoms with Crippen molar-refractivity contribution in [2.75, 3.05) is 6.54 Å². The van der Waals surface area contributed by atoms with E-state index in [0.29, 0.717) is 6.54 Å². The summed E-state index contributed by atoms with van der Waals surface area (Å²) in [5.41, 5.74) is 1.15. The topological polar surface area (TPSA) is 37.4 Å². The van der Waals surface area contributed by atoms with Crippen molar-refractivity contribution >= 4 is 11.8 Å². The Labute approximate surface area is 129 Å². The van der Waals surface area contributed by atoms with Gasteiger partial charge in [-0.2, -0.15) is 35.9 Å². The number of rotatable bonds is 3. The summed E-state index contributed by atoms with van der Waals surface area (Å²) in [6.45, 7) is 0.467. The summed E-state index contributed by atoms with van der Waals surface area (Å²) in [4.78, 5) is 23.6. The van der Waals surface area contributed by atoms with Gasteiger partial charge in [0.2, 0.25) is 0 Å². The van der Waals surface area contributed by atoms with Gasteiger partial charge in [-0.05, 0) is 0 Å². The molecule has 0 unspecified atom stereocenters. The quantitative estimate of drug-likeness (QED) is 0.495. The first kappa shape index (κ1) is 16.2. The van der Waals surface area contributed by atoms with Gasteiger partial charge in [0.1, 0.15) is 0 Å². The molecule has 1 aliphatic rings.